The maximum Gasteiger partial charge on any atom is 0.124 e. The lowest BCUT2D eigenvalue weighted by Crippen LogP contribution is -2.25. The molecule has 0 aliphatic carbocycles. The third-order valence-electron chi connectivity index (χ3n) is 3.20. The second-order valence-corrected chi connectivity index (χ2v) is 4.86. The number of hydrogen-bond acceptors (Lipinski definition) is 4. The van der Waals surface area contributed by atoms with Gasteiger partial charge in [-0.1, -0.05) is 6.92 Å². The number of nitrogens with one attached hydrogen (secondary N) is 1. The molecular weight excluding hydrogens is 269 g/mol. The molecule has 0 aliphatic rings. The molecule has 1 aromatic carbocycles. The van der Waals surface area contributed by atoms with Crippen molar-refractivity contribution in [3.05, 3.63) is 53.4 Å². The summed E-state index contributed by atoms with van der Waals surface area (Å²) in [7, 11) is 1.58. The second-order valence-electron chi connectivity index (χ2n) is 4.86. The summed E-state index contributed by atoms with van der Waals surface area (Å²) in [5.74, 6) is 0.335. The third kappa shape index (κ3) is 3.76. The molecule has 112 valence electrons. The van der Waals surface area contributed by atoms with Crippen LogP contribution in [0.5, 0.6) is 5.75 Å². The van der Waals surface area contributed by atoms with Gasteiger partial charge in [-0.25, -0.2) is 4.39 Å². The molecule has 1 unspecified atom stereocenters. The number of halogens is 1. The van der Waals surface area contributed by atoms with E-state index in [-0.39, 0.29) is 11.9 Å². The first-order valence-electron chi connectivity index (χ1n) is 7.01. The Morgan fingerprint density at radius 1 is 1.29 bits per heavy atom. The van der Waals surface area contributed by atoms with E-state index in [0.29, 0.717) is 5.75 Å². The van der Waals surface area contributed by atoms with Crippen molar-refractivity contribution in [2.24, 2.45) is 0 Å². The van der Waals surface area contributed by atoms with Gasteiger partial charge in [0.05, 0.1) is 30.7 Å². The van der Waals surface area contributed by atoms with E-state index in [2.05, 4.69) is 22.2 Å². The molecule has 0 spiro atoms. The average molecular weight is 289 g/mol. The smallest absolute Gasteiger partial charge is 0.124 e. The molecule has 1 atom stereocenters. The molecule has 0 fully saturated rings. The zero-order valence-corrected chi connectivity index (χ0v) is 12.6. The normalized spacial score (nSPS) is 12.2. The van der Waals surface area contributed by atoms with E-state index >= 15 is 0 Å². The number of nitrogens with zero attached hydrogens (tertiary/aromatic N) is 2. The van der Waals surface area contributed by atoms with Crippen molar-refractivity contribution in [3.63, 3.8) is 0 Å². The molecule has 1 heterocycles. The molecule has 21 heavy (non-hydrogen) atoms. The maximum atomic E-state index is 13.6. The number of aryl methyl sites for hydroxylation is 1. The first-order valence-corrected chi connectivity index (χ1v) is 7.01. The van der Waals surface area contributed by atoms with Crippen LogP contribution in [-0.4, -0.2) is 23.6 Å². The van der Waals surface area contributed by atoms with Gasteiger partial charge in [-0.15, -0.1) is 0 Å². The van der Waals surface area contributed by atoms with Crippen LogP contribution in [0.15, 0.2) is 30.6 Å². The number of rotatable bonds is 6. The summed E-state index contributed by atoms with van der Waals surface area (Å²) >= 11 is 0. The molecule has 0 aliphatic heterocycles. The van der Waals surface area contributed by atoms with Gasteiger partial charge < -0.3 is 10.1 Å². The van der Waals surface area contributed by atoms with Gasteiger partial charge in [-0.3, -0.25) is 9.97 Å². The van der Waals surface area contributed by atoms with E-state index in [1.807, 2.05) is 6.92 Å². The summed E-state index contributed by atoms with van der Waals surface area (Å²) < 4.78 is 19.0. The van der Waals surface area contributed by atoms with Gasteiger partial charge in [0, 0.05) is 11.8 Å². The molecule has 4 nitrogen and oxygen atoms in total. The highest BCUT2D eigenvalue weighted by Crippen LogP contribution is 2.29. The van der Waals surface area contributed by atoms with E-state index in [4.69, 9.17) is 4.74 Å². The van der Waals surface area contributed by atoms with Crippen LogP contribution in [-0.2, 0) is 0 Å². The van der Waals surface area contributed by atoms with Crippen LogP contribution in [0.3, 0.4) is 0 Å². The molecule has 0 saturated carbocycles. The summed E-state index contributed by atoms with van der Waals surface area (Å²) in [5.41, 5.74) is 2.32. The molecule has 5 heteroatoms. The van der Waals surface area contributed by atoms with Crippen LogP contribution >= 0.6 is 0 Å². The van der Waals surface area contributed by atoms with E-state index in [0.717, 1.165) is 29.9 Å². The van der Waals surface area contributed by atoms with Gasteiger partial charge in [-0.2, -0.15) is 0 Å². The molecule has 0 radical (unpaired) electrons. The highest BCUT2D eigenvalue weighted by Gasteiger charge is 2.20. The fraction of sp³-hybridized carbons (Fsp3) is 0.375. The summed E-state index contributed by atoms with van der Waals surface area (Å²) in [6, 6.07) is 4.25. The van der Waals surface area contributed by atoms with Crippen LogP contribution in [0, 0.1) is 12.7 Å². The Balaban J connectivity index is 2.44. The summed E-state index contributed by atoms with van der Waals surface area (Å²) in [6.45, 7) is 4.75. The first kappa shape index (κ1) is 15.4. The predicted molar refractivity (Wildman–Crippen MR) is 79.9 cm³/mol. The Morgan fingerprint density at radius 2 is 2.10 bits per heavy atom. The molecule has 0 saturated heterocycles. The summed E-state index contributed by atoms with van der Waals surface area (Å²) in [4.78, 5) is 8.68. The van der Waals surface area contributed by atoms with Gasteiger partial charge in [-0.05, 0) is 38.1 Å². The Bertz CT molecular complexity index is 587. The van der Waals surface area contributed by atoms with Crippen LogP contribution in [0.25, 0.3) is 0 Å². The Kier molecular flexibility index (Phi) is 5.22. The van der Waals surface area contributed by atoms with E-state index in [1.165, 1.54) is 12.1 Å². The van der Waals surface area contributed by atoms with Gasteiger partial charge in [0.25, 0.3) is 0 Å². The maximum absolute atomic E-state index is 13.6. The lowest BCUT2D eigenvalue weighted by molar-refractivity contribution is 0.401. The Hall–Kier alpha value is -2.01. The van der Waals surface area contributed by atoms with E-state index in [1.54, 1.807) is 25.6 Å². The van der Waals surface area contributed by atoms with Gasteiger partial charge in [0.1, 0.15) is 11.6 Å². The quantitative estimate of drug-likeness (QED) is 0.888. The van der Waals surface area contributed by atoms with Gasteiger partial charge in [0.2, 0.25) is 0 Å². The van der Waals surface area contributed by atoms with Gasteiger partial charge in [0.15, 0.2) is 0 Å². The highest BCUT2D eigenvalue weighted by atomic mass is 19.1. The largest absolute Gasteiger partial charge is 0.496 e. The van der Waals surface area contributed by atoms with Crippen molar-refractivity contribution >= 4 is 0 Å². The van der Waals surface area contributed by atoms with Crippen LogP contribution in [0.4, 0.5) is 4.39 Å². The Labute approximate surface area is 124 Å². The van der Waals surface area contributed by atoms with Crippen LogP contribution < -0.4 is 10.1 Å². The lowest BCUT2D eigenvalue weighted by atomic mass is 10.0. The van der Waals surface area contributed by atoms with Crippen molar-refractivity contribution in [2.45, 2.75) is 26.3 Å². The second kappa shape index (κ2) is 7.13. The molecule has 0 amide bonds. The number of methoxy groups -OCH3 is 1. The molecule has 1 N–H and O–H groups in total. The number of aromatic nitrogens is 2. The fourth-order valence-electron chi connectivity index (χ4n) is 2.14. The molecule has 1 aromatic heterocycles. The monoisotopic (exact) mass is 289 g/mol. The lowest BCUT2D eigenvalue weighted by Gasteiger charge is -2.20. The molecular formula is C16H20FN3O. The predicted octanol–water partition coefficient (Wildman–Crippen LogP) is 3.02. The van der Waals surface area contributed by atoms with Crippen molar-refractivity contribution in [3.8, 4) is 5.75 Å². The van der Waals surface area contributed by atoms with Gasteiger partial charge >= 0.3 is 0 Å². The minimum Gasteiger partial charge on any atom is -0.496 e. The van der Waals surface area contributed by atoms with E-state index in [9.17, 15) is 4.39 Å². The SMILES string of the molecule is CCCNC(c1cnc(C)cn1)c1cc(F)ccc1OC. The number of ether oxygens (including phenoxy) is 1. The Morgan fingerprint density at radius 3 is 2.71 bits per heavy atom. The standard InChI is InChI=1S/C16H20FN3O/c1-4-7-18-16(14-10-19-11(2)9-20-14)13-8-12(17)5-6-15(13)21-3/h5-6,8-10,16,18H,4,7H2,1-3H3. The molecule has 0 bridgehead atoms. The zero-order chi connectivity index (χ0) is 15.2. The minimum atomic E-state index is -0.297. The summed E-state index contributed by atoms with van der Waals surface area (Å²) in [6.07, 6.45) is 4.39. The van der Waals surface area contributed by atoms with Crippen molar-refractivity contribution in [1.29, 1.82) is 0 Å². The van der Waals surface area contributed by atoms with Crippen molar-refractivity contribution in [2.75, 3.05) is 13.7 Å². The van der Waals surface area contributed by atoms with Crippen LogP contribution in [0.1, 0.15) is 36.3 Å². The third-order valence-corrected chi connectivity index (χ3v) is 3.20. The van der Waals surface area contributed by atoms with Crippen molar-refractivity contribution in [1.82, 2.24) is 15.3 Å². The summed E-state index contributed by atoms with van der Waals surface area (Å²) in [5, 5.41) is 3.37. The van der Waals surface area contributed by atoms with Crippen LogP contribution in [0.2, 0.25) is 0 Å². The van der Waals surface area contributed by atoms with Crippen molar-refractivity contribution < 1.29 is 9.13 Å². The highest BCUT2D eigenvalue weighted by molar-refractivity contribution is 5.40. The minimum absolute atomic E-state index is 0.247. The molecule has 2 rings (SSSR count). The number of benzene rings is 1. The topological polar surface area (TPSA) is 47.0 Å². The molecule has 2 aromatic rings. The first-order chi connectivity index (χ1) is 10.2. The average Bonchev–Trinajstić information content (AvgIpc) is 2.49. The zero-order valence-electron chi connectivity index (χ0n) is 12.6. The fourth-order valence-corrected chi connectivity index (χ4v) is 2.14. The number of hydrogen-bond donors (Lipinski definition) is 1. The van der Waals surface area contributed by atoms with E-state index < -0.39 is 0 Å².